The number of nitrogens with one attached hydrogen (secondary N) is 2. The van der Waals surface area contributed by atoms with E-state index in [0.717, 1.165) is 30.6 Å². The summed E-state index contributed by atoms with van der Waals surface area (Å²) in [6.45, 7) is 0. The number of phenolic OH excluding ortho intramolecular Hbond substituents is 1. The largest absolute Gasteiger partial charge is 0.505 e. The molecule has 0 aromatic heterocycles. The van der Waals surface area contributed by atoms with Crippen molar-refractivity contribution in [3.8, 4) is 5.75 Å². The van der Waals surface area contributed by atoms with E-state index in [0.29, 0.717) is 5.69 Å². The van der Waals surface area contributed by atoms with Gasteiger partial charge in [-0.05, 0) is 37.1 Å². The number of carbonyl (C=O) groups is 3. The number of para-hydroxylation sites is 2. The summed E-state index contributed by atoms with van der Waals surface area (Å²) in [5, 5.41) is 16.9. The first-order valence-corrected chi connectivity index (χ1v) is 10.6. The van der Waals surface area contributed by atoms with Crippen molar-refractivity contribution in [1.82, 2.24) is 10.2 Å². The van der Waals surface area contributed by atoms with Gasteiger partial charge in [0.15, 0.2) is 5.75 Å². The van der Waals surface area contributed by atoms with Crippen molar-refractivity contribution in [2.45, 2.75) is 31.7 Å². The lowest BCUT2D eigenvalue weighted by Crippen LogP contribution is -2.35. The standard InChI is InChI=1S/C24H26N4O4/c1-27(2)22(30)17-13-8-14-18(21(17)29)26-20-19(25-15-9-6-7-10-15)23(31)28(24(20)32)16-11-4-3-5-12-16/h3-5,8,11-15,25-26,29H,6-7,9-10H2,1-2H3. The maximum Gasteiger partial charge on any atom is 0.284 e. The maximum atomic E-state index is 13.3. The van der Waals surface area contributed by atoms with Crippen molar-refractivity contribution in [2.75, 3.05) is 24.3 Å². The summed E-state index contributed by atoms with van der Waals surface area (Å²) in [4.78, 5) is 41.5. The van der Waals surface area contributed by atoms with Crippen molar-refractivity contribution in [1.29, 1.82) is 0 Å². The predicted octanol–water partition coefficient (Wildman–Crippen LogP) is 2.82. The lowest BCUT2D eigenvalue weighted by molar-refractivity contribution is -0.120. The van der Waals surface area contributed by atoms with Crippen LogP contribution in [0.5, 0.6) is 5.75 Å². The molecule has 0 unspecified atom stereocenters. The van der Waals surface area contributed by atoms with Gasteiger partial charge in [0.05, 0.1) is 16.9 Å². The van der Waals surface area contributed by atoms with Gasteiger partial charge in [-0.2, -0.15) is 0 Å². The Hall–Kier alpha value is -3.81. The second-order valence-corrected chi connectivity index (χ2v) is 8.18. The van der Waals surface area contributed by atoms with E-state index in [-0.39, 0.29) is 40.3 Å². The zero-order valence-electron chi connectivity index (χ0n) is 18.1. The third kappa shape index (κ3) is 3.91. The number of hydrogen-bond acceptors (Lipinski definition) is 6. The number of imide groups is 1. The van der Waals surface area contributed by atoms with Crippen LogP contribution >= 0.6 is 0 Å². The molecule has 32 heavy (non-hydrogen) atoms. The highest BCUT2D eigenvalue weighted by Crippen LogP contribution is 2.33. The zero-order valence-corrected chi connectivity index (χ0v) is 18.1. The molecule has 0 atom stereocenters. The van der Waals surface area contributed by atoms with Crippen LogP contribution in [0.25, 0.3) is 0 Å². The fourth-order valence-corrected chi connectivity index (χ4v) is 4.06. The summed E-state index contributed by atoms with van der Waals surface area (Å²) in [7, 11) is 3.18. The predicted molar refractivity (Wildman–Crippen MR) is 121 cm³/mol. The molecule has 166 valence electrons. The van der Waals surface area contributed by atoms with Gasteiger partial charge in [0.1, 0.15) is 11.4 Å². The zero-order chi connectivity index (χ0) is 22.8. The van der Waals surface area contributed by atoms with Gasteiger partial charge in [0.25, 0.3) is 17.7 Å². The normalized spacial score (nSPS) is 16.6. The summed E-state index contributed by atoms with van der Waals surface area (Å²) in [6.07, 6.45) is 3.96. The molecule has 1 fully saturated rings. The van der Waals surface area contributed by atoms with Gasteiger partial charge < -0.3 is 20.6 Å². The van der Waals surface area contributed by atoms with Crippen LogP contribution in [-0.2, 0) is 9.59 Å². The van der Waals surface area contributed by atoms with E-state index in [1.165, 1.54) is 11.0 Å². The molecule has 2 aliphatic rings. The molecular weight excluding hydrogens is 408 g/mol. The number of benzene rings is 2. The smallest absolute Gasteiger partial charge is 0.284 e. The molecule has 3 amide bonds. The molecule has 2 aromatic carbocycles. The molecule has 1 heterocycles. The highest BCUT2D eigenvalue weighted by atomic mass is 16.3. The van der Waals surface area contributed by atoms with E-state index in [4.69, 9.17) is 0 Å². The molecular formula is C24H26N4O4. The summed E-state index contributed by atoms with van der Waals surface area (Å²) in [5.74, 6) is -1.62. The van der Waals surface area contributed by atoms with Crippen LogP contribution in [0.1, 0.15) is 36.0 Å². The molecule has 1 saturated carbocycles. The minimum atomic E-state index is -0.523. The van der Waals surface area contributed by atoms with Crippen molar-refractivity contribution >= 4 is 29.1 Å². The second kappa shape index (κ2) is 8.74. The van der Waals surface area contributed by atoms with Gasteiger partial charge in [-0.3, -0.25) is 14.4 Å². The van der Waals surface area contributed by atoms with Crippen LogP contribution in [0.3, 0.4) is 0 Å². The number of carbonyl (C=O) groups excluding carboxylic acids is 3. The van der Waals surface area contributed by atoms with Crippen LogP contribution in [0.2, 0.25) is 0 Å². The van der Waals surface area contributed by atoms with Gasteiger partial charge in [0, 0.05) is 20.1 Å². The molecule has 3 N–H and O–H groups in total. The number of phenols is 1. The van der Waals surface area contributed by atoms with Gasteiger partial charge in [-0.15, -0.1) is 0 Å². The Kier molecular flexibility index (Phi) is 5.85. The molecule has 1 aliphatic heterocycles. The summed E-state index contributed by atoms with van der Waals surface area (Å²) >= 11 is 0. The van der Waals surface area contributed by atoms with Crippen LogP contribution < -0.4 is 15.5 Å². The van der Waals surface area contributed by atoms with Crippen LogP contribution in [0.15, 0.2) is 59.9 Å². The van der Waals surface area contributed by atoms with Crippen LogP contribution in [0, 0.1) is 0 Å². The van der Waals surface area contributed by atoms with E-state index < -0.39 is 11.8 Å². The lowest BCUT2D eigenvalue weighted by atomic mass is 10.1. The van der Waals surface area contributed by atoms with Crippen LogP contribution in [-0.4, -0.2) is 47.9 Å². The van der Waals surface area contributed by atoms with E-state index in [1.54, 1.807) is 50.5 Å². The molecule has 0 bridgehead atoms. The van der Waals surface area contributed by atoms with Gasteiger partial charge >= 0.3 is 0 Å². The molecule has 2 aromatic rings. The monoisotopic (exact) mass is 434 g/mol. The van der Waals surface area contributed by atoms with Gasteiger partial charge in [0.2, 0.25) is 0 Å². The van der Waals surface area contributed by atoms with Gasteiger partial charge in [-0.25, -0.2) is 4.90 Å². The Morgan fingerprint density at radius 2 is 1.62 bits per heavy atom. The average molecular weight is 434 g/mol. The first-order chi connectivity index (χ1) is 15.4. The molecule has 8 nitrogen and oxygen atoms in total. The van der Waals surface area contributed by atoms with Crippen molar-refractivity contribution in [3.05, 3.63) is 65.5 Å². The number of nitrogens with zero attached hydrogens (tertiary/aromatic N) is 2. The lowest BCUT2D eigenvalue weighted by Gasteiger charge is -2.16. The molecule has 8 heteroatoms. The minimum Gasteiger partial charge on any atom is -0.505 e. The molecule has 1 aliphatic carbocycles. The Balaban J connectivity index is 1.72. The highest BCUT2D eigenvalue weighted by Gasteiger charge is 2.41. The van der Waals surface area contributed by atoms with E-state index in [2.05, 4.69) is 10.6 Å². The Bertz CT molecular complexity index is 1090. The molecule has 0 saturated heterocycles. The number of rotatable bonds is 6. The second-order valence-electron chi connectivity index (χ2n) is 8.18. The fraction of sp³-hybridized carbons (Fsp3) is 0.292. The van der Waals surface area contributed by atoms with Crippen molar-refractivity contribution in [2.24, 2.45) is 0 Å². The minimum absolute atomic E-state index is 0.0514. The van der Waals surface area contributed by atoms with E-state index in [9.17, 15) is 19.5 Å². The third-order valence-electron chi connectivity index (χ3n) is 5.73. The Morgan fingerprint density at radius 1 is 0.969 bits per heavy atom. The average Bonchev–Trinajstić information content (AvgIpc) is 3.37. The van der Waals surface area contributed by atoms with Gasteiger partial charge in [-0.1, -0.05) is 37.1 Å². The number of aromatic hydroxyl groups is 1. The quantitative estimate of drug-likeness (QED) is 0.477. The van der Waals surface area contributed by atoms with Crippen molar-refractivity contribution in [3.63, 3.8) is 0 Å². The number of anilines is 2. The third-order valence-corrected chi connectivity index (χ3v) is 5.73. The summed E-state index contributed by atoms with van der Waals surface area (Å²) < 4.78 is 0. The molecule has 4 rings (SSSR count). The Labute approximate surface area is 186 Å². The van der Waals surface area contributed by atoms with E-state index in [1.807, 2.05) is 6.07 Å². The van der Waals surface area contributed by atoms with Crippen molar-refractivity contribution < 1.29 is 19.5 Å². The Morgan fingerprint density at radius 3 is 2.28 bits per heavy atom. The maximum absolute atomic E-state index is 13.3. The summed E-state index contributed by atoms with van der Waals surface area (Å²) in [6, 6.07) is 13.5. The number of hydrogen-bond donors (Lipinski definition) is 3. The first kappa shape index (κ1) is 21.4. The fourth-order valence-electron chi connectivity index (χ4n) is 4.06. The highest BCUT2D eigenvalue weighted by molar-refractivity contribution is 6.33. The van der Waals surface area contributed by atoms with E-state index >= 15 is 0 Å². The molecule has 0 radical (unpaired) electrons. The van der Waals surface area contributed by atoms with Crippen LogP contribution in [0.4, 0.5) is 11.4 Å². The first-order valence-electron chi connectivity index (χ1n) is 10.6. The SMILES string of the molecule is CN(C)C(=O)c1cccc(NC2=C(NC3CCCC3)C(=O)N(c3ccccc3)C2=O)c1O. The number of amides is 3. The molecule has 0 spiro atoms. The summed E-state index contributed by atoms with van der Waals surface area (Å²) in [5.41, 5.74) is 0.966. The topological polar surface area (TPSA) is 102 Å².